The lowest BCUT2D eigenvalue weighted by atomic mass is 9.92. The summed E-state index contributed by atoms with van der Waals surface area (Å²) >= 11 is 1.05. The number of carbonyl (C=O) groups excluding carboxylic acids is 1. The first-order chi connectivity index (χ1) is 10.1. The highest BCUT2D eigenvalue weighted by Crippen LogP contribution is 2.15. The molecule has 0 bridgehead atoms. The molecule has 0 aliphatic rings. The maximum atomic E-state index is 12.0. The largest absolute Gasteiger partial charge is 0.478 e. The molecular weight excluding hydrogens is 315 g/mol. The van der Waals surface area contributed by atoms with Crippen LogP contribution < -0.4 is 11.1 Å². The van der Waals surface area contributed by atoms with Gasteiger partial charge in [0.25, 0.3) is 5.91 Å². The molecule has 0 unspecified atom stereocenters. The van der Waals surface area contributed by atoms with Crippen molar-refractivity contribution in [3.8, 4) is 0 Å². The lowest BCUT2D eigenvalue weighted by molar-refractivity contribution is -0.161. The topological polar surface area (TPSA) is 167 Å². The molecule has 1 amide bonds. The minimum absolute atomic E-state index is 0.0774. The van der Waals surface area contributed by atoms with Crippen molar-refractivity contribution in [2.24, 2.45) is 5.16 Å². The van der Waals surface area contributed by atoms with E-state index in [1.165, 1.54) is 19.2 Å². The Labute approximate surface area is 129 Å². The summed E-state index contributed by atoms with van der Waals surface area (Å²) in [7, 11) is -1.75. The average molecular weight is 330 g/mol. The zero-order valence-corrected chi connectivity index (χ0v) is 12.6. The van der Waals surface area contributed by atoms with Gasteiger partial charge in [0, 0.05) is 5.38 Å². The van der Waals surface area contributed by atoms with E-state index in [4.69, 9.17) is 25.7 Å². The molecule has 0 aliphatic heterocycles. The molecule has 0 fully saturated rings. The predicted octanol–water partition coefficient (Wildman–Crippen LogP) is -1.56. The van der Waals surface area contributed by atoms with Crippen LogP contribution in [0, 0.1) is 0 Å². The van der Waals surface area contributed by atoms with Gasteiger partial charge in [0.15, 0.2) is 10.8 Å². The highest BCUT2D eigenvalue weighted by Gasteiger charge is 2.31. The molecule has 1 aromatic rings. The molecule has 1 heterocycles. The Balaban J connectivity index is 3.01. The van der Waals surface area contributed by atoms with Gasteiger partial charge in [-0.3, -0.25) is 4.79 Å². The number of nitrogens with two attached hydrogens (primary N) is 1. The minimum Gasteiger partial charge on any atom is -0.478 e. The molecule has 120 valence electrons. The first kappa shape index (κ1) is 17.9. The number of nitrogen functional groups attached to an aromatic ring is 1. The van der Waals surface area contributed by atoms with Gasteiger partial charge in [-0.1, -0.05) is 5.16 Å². The summed E-state index contributed by atoms with van der Waals surface area (Å²) in [5.74, 6) is -2.10. The van der Waals surface area contributed by atoms with Crippen LogP contribution in [-0.4, -0.2) is 56.9 Å². The van der Waals surface area contributed by atoms with E-state index in [-0.39, 0.29) is 16.5 Å². The molecule has 0 saturated heterocycles. The number of carboxylic acid groups (broad SMARTS) is 1. The Hall–Kier alpha value is -2.18. The van der Waals surface area contributed by atoms with Crippen molar-refractivity contribution in [2.45, 2.75) is 19.4 Å². The van der Waals surface area contributed by atoms with Crippen LogP contribution in [0.2, 0.25) is 0 Å². The van der Waals surface area contributed by atoms with Crippen LogP contribution in [0.25, 0.3) is 0 Å². The van der Waals surface area contributed by atoms with Crippen LogP contribution in [0.4, 0.5) is 5.13 Å². The van der Waals surface area contributed by atoms with Crippen molar-refractivity contribution >= 4 is 41.2 Å². The van der Waals surface area contributed by atoms with Gasteiger partial charge in [0.2, 0.25) is 5.60 Å². The van der Waals surface area contributed by atoms with E-state index in [0.29, 0.717) is 0 Å². The Morgan fingerprint density at radius 2 is 2.18 bits per heavy atom. The van der Waals surface area contributed by atoms with Crippen LogP contribution in [-0.2, 0) is 14.4 Å². The summed E-state index contributed by atoms with van der Waals surface area (Å²) in [6, 6.07) is 0. The number of aliphatic carboxylic acids is 1. The third kappa shape index (κ3) is 4.98. The SMILES string of the molecule is CC(C)(O/N=C(/C(=O)NCB(O)O)c1csc(N)n1)C(=O)O. The summed E-state index contributed by atoms with van der Waals surface area (Å²) in [5, 5.41) is 33.8. The van der Waals surface area contributed by atoms with Gasteiger partial charge in [0.1, 0.15) is 5.69 Å². The number of anilines is 1. The first-order valence-corrected chi connectivity index (χ1v) is 6.86. The zero-order valence-electron chi connectivity index (χ0n) is 11.8. The quantitative estimate of drug-likeness (QED) is 0.227. The summed E-state index contributed by atoms with van der Waals surface area (Å²) in [4.78, 5) is 31.7. The molecule has 0 atom stereocenters. The fraction of sp³-hybridized carbons (Fsp3) is 0.400. The molecule has 1 rings (SSSR count). The summed E-state index contributed by atoms with van der Waals surface area (Å²) in [5.41, 5.74) is 3.56. The van der Waals surface area contributed by atoms with E-state index < -0.39 is 31.0 Å². The number of nitrogens with one attached hydrogen (secondary N) is 1. The van der Waals surface area contributed by atoms with Crippen molar-refractivity contribution < 1.29 is 29.6 Å². The number of nitrogens with zero attached hydrogens (tertiary/aromatic N) is 2. The van der Waals surface area contributed by atoms with Gasteiger partial charge in [0.05, 0.1) is 6.44 Å². The zero-order chi connectivity index (χ0) is 16.9. The second kappa shape index (κ2) is 7.20. The molecule has 12 heteroatoms. The monoisotopic (exact) mass is 330 g/mol. The van der Waals surface area contributed by atoms with Gasteiger partial charge < -0.3 is 31.0 Å². The van der Waals surface area contributed by atoms with Crippen LogP contribution in [0.5, 0.6) is 0 Å². The first-order valence-electron chi connectivity index (χ1n) is 5.98. The van der Waals surface area contributed by atoms with Gasteiger partial charge in [-0.15, -0.1) is 11.3 Å². The lowest BCUT2D eigenvalue weighted by Gasteiger charge is -2.17. The Morgan fingerprint density at radius 3 is 2.64 bits per heavy atom. The molecule has 0 radical (unpaired) electrons. The van der Waals surface area contributed by atoms with Crippen LogP contribution in [0.3, 0.4) is 0 Å². The van der Waals surface area contributed by atoms with Gasteiger partial charge in [-0.05, 0) is 13.8 Å². The van der Waals surface area contributed by atoms with Crippen molar-refractivity contribution in [1.82, 2.24) is 10.3 Å². The predicted molar refractivity (Wildman–Crippen MR) is 79.1 cm³/mol. The summed E-state index contributed by atoms with van der Waals surface area (Å²) in [6.45, 7) is 2.50. The highest BCUT2D eigenvalue weighted by molar-refractivity contribution is 7.13. The molecule has 10 nitrogen and oxygen atoms in total. The number of oxime groups is 1. The minimum atomic E-state index is -1.75. The van der Waals surface area contributed by atoms with E-state index in [9.17, 15) is 9.59 Å². The van der Waals surface area contributed by atoms with E-state index in [1.807, 2.05) is 0 Å². The van der Waals surface area contributed by atoms with Crippen molar-refractivity contribution in [3.63, 3.8) is 0 Å². The smallest absolute Gasteiger partial charge is 0.472 e. The van der Waals surface area contributed by atoms with Gasteiger partial charge in [-0.25, -0.2) is 9.78 Å². The fourth-order valence-electron chi connectivity index (χ4n) is 1.07. The van der Waals surface area contributed by atoms with E-state index in [0.717, 1.165) is 11.3 Å². The van der Waals surface area contributed by atoms with Crippen molar-refractivity contribution in [2.75, 3.05) is 12.2 Å². The maximum absolute atomic E-state index is 12.0. The van der Waals surface area contributed by atoms with Gasteiger partial charge in [-0.2, -0.15) is 0 Å². The van der Waals surface area contributed by atoms with Gasteiger partial charge >= 0.3 is 13.1 Å². The number of carboxylic acids is 1. The number of amides is 1. The molecule has 0 aromatic carbocycles. The lowest BCUT2D eigenvalue weighted by Crippen LogP contribution is -2.40. The normalized spacial score (nSPS) is 11.9. The molecule has 0 aliphatic carbocycles. The second-order valence-electron chi connectivity index (χ2n) is 4.61. The number of hydrogen-bond donors (Lipinski definition) is 5. The molecule has 0 spiro atoms. The molecule has 22 heavy (non-hydrogen) atoms. The number of hydrogen-bond acceptors (Lipinski definition) is 9. The highest BCUT2D eigenvalue weighted by atomic mass is 32.1. The van der Waals surface area contributed by atoms with Crippen LogP contribution in [0.1, 0.15) is 19.5 Å². The fourth-order valence-corrected chi connectivity index (χ4v) is 1.62. The van der Waals surface area contributed by atoms with E-state index in [1.54, 1.807) is 0 Å². The third-order valence-corrected chi connectivity index (χ3v) is 2.98. The Morgan fingerprint density at radius 1 is 1.55 bits per heavy atom. The van der Waals surface area contributed by atoms with Crippen molar-refractivity contribution in [1.29, 1.82) is 0 Å². The summed E-state index contributed by atoms with van der Waals surface area (Å²) < 4.78 is 0. The van der Waals surface area contributed by atoms with Crippen LogP contribution in [0.15, 0.2) is 10.5 Å². The third-order valence-electron chi connectivity index (χ3n) is 2.31. The molecule has 1 aromatic heterocycles. The summed E-state index contributed by atoms with van der Waals surface area (Å²) in [6.07, 6.45) is -0.445. The second-order valence-corrected chi connectivity index (χ2v) is 5.50. The average Bonchev–Trinajstić information content (AvgIpc) is 2.82. The Bertz CT molecular complexity index is 588. The van der Waals surface area contributed by atoms with Crippen LogP contribution >= 0.6 is 11.3 Å². The van der Waals surface area contributed by atoms with E-state index in [2.05, 4.69) is 15.5 Å². The Kier molecular flexibility index (Phi) is 5.85. The van der Waals surface area contributed by atoms with Crippen molar-refractivity contribution in [3.05, 3.63) is 11.1 Å². The number of aromatic nitrogens is 1. The molecular formula is C10H15BN4O6S. The number of thiazole rings is 1. The molecule has 0 saturated carbocycles. The number of rotatable bonds is 7. The molecule has 6 N–H and O–H groups in total. The number of carbonyl (C=O) groups is 2. The standard InChI is InChI=1S/C10H15BN4O6S/c1-10(2,8(17)18)21-15-6(5-3-22-9(12)14-5)7(16)13-4-11(19)20/h3,19-20H,4H2,1-2H3,(H2,12,14)(H,13,16)(H,17,18)/b15-6+. The maximum Gasteiger partial charge on any atom is 0.472 e. The van der Waals surface area contributed by atoms with E-state index >= 15 is 0 Å².